The molecule has 2 N–H and O–H groups in total. The number of piperidine rings is 2. The maximum atomic E-state index is 15.7. The predicted molar refractivity (Wildman–Crippen MR) is 176 cm³/mol. The van der Waals surface area contributed by atoms with Crippen LogP contribution in [0.3, 0.4) is 0 Å². The van der Waals surface area contributed by atoms with Crippen LogP contribution in [0.5, 0.6) is 11.5 Å². The Morgan fingerprint density at radius 1 is 1.11 bits per heavy atom. The van der Waals surface area contributed by atoms with Crippen molar-refractivity contribution in [1.29, 1.82) is 5.26 Å². The largest absolute Gasteiger partial charge is 0.457 e. The van der Waals surface area contributed by atoms with Gasteiger partial charge >= 0.3 is 0 Å². The van der Waals surface area contributed by atoms with Crippen molar-refractivity contribution in [2.75, 3.05) is 45.1 Å². The predicted octanol–water partition coefficient (Wildman–Crippen LogP) is 5.73. The number of para-hydroxylation sites is 1. The highest BCUT2D eigenvalue weighted by molar-refractivity contribution is 6.00. The minimum absolute atomic E-state index is 0.188. The first-order valence-electron chi connectivity index (χ1n) is 16.2. The van der Waals surface area contributed by atoms with Gasteiger partial charge < -0.3 is 20.1 Å². The van der Waals surface area contributed by atoms with Crippen LogP contribution in [-0.2, 0) is 9.53 Å². The van der Waals surface area contributed by atoms with Gasteiger partial charge in [-0.05, 0) is 74.5 Å². The van der Waals surface area contributed by atoms with Gasteiger partial charge in [-0.1, -0.05) is 31.2 Å². The number of carbonyl (C=O) groups is 1. The SMILES string of the molecule is CC1(C=C(C#N)C(=O)N2CCCC(n3nc(-c4ccc(Oc5ccccc5)cc4F)c4c(N)nccc43)C2)CCN(C2COC2)CC1. The fraction of sp³-hybridized carbons (Fsp3) is 0.389. The van der Waals surface area contributed by atoms with E-state index in [0.29, 0.717) is 47.2 Å². The summed E-state index contributed by atoms with van der Waals surface area (Å²) in [6.45, 7) is 6.48. The number of allylic oxidation sites excluding steroid dienone is 1. The van der Waals surface area contributed by atoms with E-state index in [1.807, 2.05) is 35.0 Å². The van der Waals surface area contributed by atoms with Crippen LogP contribution in [0.4, 0.5) is 10.2 Å². The summed E-state index contributed by atoms with van der Waals surface area (Å²) in [5, 5.41) is 15.5. The highest BCUT2D eigenvalue weighted by Crippen LogP contribution is 2.38. The van der Waals surface area contributed by atoms with Gasteiger partial charge in [0, 0.05) is 30.9 Å². The Balaban J connectivity index is 1.13. The number of nitrogen functional groups attached to an aromatic ring is 1. The molecule has 10 nitrogen and oxygen atoms in total. The van der Waals surface area contributed by atoms with Crippen LogP contribution in [0.25, 0.3) is 22.2 Å². The molecule has 3 aliphatic rings. The molecule has 47 heavy (non-hydrogen) atoms. The van der Waals surface area contributed by atoms with Crippen LogP contribution in [0.15, 0.2) is 72.4 Å². The lowest BCUT2D eigenvalue weighted by Gasteiger charge is -2.44. The third-order valence-electron chi connectivity index (χ3n) is 9.77. The van der Waals surface area contributed by atoms with E-state index in [4.69, 9.17) is 20.3 Å². The van der Waals surface area contributed by atoms with Crippen molar-refractivity contribution in [3.8, 4) is 28.8 Å². The minimum Gasteiger partial charge on any atom is -0.457 e. The number of aromatic nitrogens is 3. The number of nitriles is 1. The Labute approximate surface area is 273 Å². The number of anilines is 1. The highest BCUT2D eigenvalue weighted by atomic mass is 19.1. The highest BCUT2D eigenvalue weighted by Gasteiger charge is 2.36. The standard InChI is InChI=1S/C36H38FN7O3/c1-36(12-16-42(17-13-36)26-22-46-23-26)19-24(20-38)35(45)43-15-5-6-25(21-43)44-31-11-14-40-34(39)32(31)33(41-44)29-10-9-28(18-30(29)37)47-27-7-3-2-4-8-27/h2-4,7-11,14,18-19,25-26H,5-6,12-13,15-17,21-23H2,1H3,(H2,39,40). The zero-order chi connectivity index (χ0) is 32.5. The Hall–Kier alpha value is -4.79. The molecule has 11 heteroatoms. The fourth-order valence-corrected chi connectivity index (χ4v) is 6.93. The molecule has 0 radical (unpaired) electrons. The number of halogens is 1. The van der Waals surface area contributed by atoms with Gasteiger partial charge in [0.2, 0.25) is 0 Å². The van der Waals surface area contributed by atoms with Gasteiger partial charge in [0.1, 0.15) is 40.5 Å². The third-order valence-corrected chi connectivity index (χ3v) is 9.77. The van der Waals surface area contributed by atoms with E-state index in [2.05, 4.69) is 22.9 Å². The molecule has 0 spiro atoms. The first-order chi connectivity index (χ1) is 22.8. The van der Waals surface area contributed by atoms with Crippen LogP contribution in [0, 0.1) is 22.6 Å². The molecule has 3 aliphatic heterocycles. The number of pyridine rings is 1. The Morgan fingerprint density at radius 3 is 2.60 bits per heavy atom. The van der Waals surface area contributed by atoms with Crippen LogP contribution in [0.1, 0.15) is 38.6 Å². The maximum Gasteiger partial charge on any atom is 0.264 e. The molecule has 7 rings (SSSR count). The van der Waals surface area contributed by atoms with Gasteiger partial charge in [-0.15, -0.1) is 0 Å². The normalized spacial score (nSPS) is 20.5. The van der Waals surface area contributed by atoms with Crippen molar-refractivity contribution in [2.24, 2.45) is 5.41 Å². The van der Waals surface area contributed by atoms with Crippen molar-refractivity contribution in [3.05, 3.63) is 78.3 Å². The van der Waals surface area contributed by atoms with Gasteiger partial charge in [-0.2, -0.15) is 10.4 Å². The summed E-state index contributed by atoms with van der Waals surface area (Å²) in [5.74, 6) is 0.453. The summed E-state index contributed by atoms with van der Waals surface area (Å²) in [6, 6.07) is 18.2. The summed E-state index contributed by atoms with van der Waals surface area (Å²) in [4.78, 5) is 22.3. The van der Waals surface area contributed by atoms with Crippen LogP contribution in [-0.4, -0.2) is 75.9 Å². The number of nitrogens with two attached hydrogens (primary N) is 1. The number of nitrogens with zero attached hydrogens (tertiary/aromatic N) is 6. The zero-order valence-corrected chi connectivity index (χ0v) is 26.4. The lowest BCUT2D eigenvalue weighted by molar-refractivity contribution is -0.128. The molecule has 1 amide bonds. The Kier molecular flexibility index (Phi) is 8.39. The van der Waals surface area contributed by atoms with Crippen molar-refractivity contribution in [2.45, 2.75) is 44.7 Å². The molecule has 3 saturated heterocycles. The lowest BCUT2D eigenvalue weighted by atomic mass is 9.78. The number of benzene rings is 2. The summed E-state index contributed by atoms with van der Waals surface area (Å²) in [6.07, 6.45) is 6.78. The number of carbonyl (C=O) groups excluding carboxylic acids is 1. The number of likely N-dealkylation sites (tertiary alicyclic amines) is 2. The van der Waals surface area contributed by atoms with Crippen molar-refractivity contribution in [3.63, 3.8) is 0 Å². The quantitative estimate of drug-likeness (QED) is 0.202. The van der Waals surface area contributed by atoms with Crippen LogP contribution in [0.2, 0.25) is 0 Å². The summed E-state index contributed by atoms with van der Waals surface area (Å²) in [5.41, 5.74) is 7.69. The smallest absolute Gasteiger partial charge is 0.264 e. The molecule has 4 aromatic rings. The van der Waals surface area contributed by atoms with E-state index in [-0.39, 0.29) is 34.3 Å². The number of ether oxygens (including phenoxy) is 2. The number of amides is 1. The lowest BCUT2D eigenvalue weighted by Crippen LogP contribution is -2.53. The average molecular weight is 636 g/mol. The van der Waals surface area contributed by atoms with E-state index in [1.54, 1.807) is 35.4 Å². The molecule has 0 bridgehead atoms. The first-order valence-corrected chi connectivity index (χ1v) is 16.2. The average Bonchev–Trinajstić information content (AvgIpc) is 3.45. The number of rotatable bonds is 7. The van der Waals surface area contributed by atoms with E-state index < -0.39 is 5.82 Å². The molecule has 1 atom stereocenters. The van der Waals surface area contributed by atoms with E-state index in [1.165, 1.54) is 6.07 Å². The molecule has 1 unspecified atom stereocenters. The molecule has 5 heterocycles. The number of fused-ring (bicyclic) bond motifs is 1. The van der Waals surface area contributed by atoms with Crippen molar-refractivity contribution >= 4 is 22.6 Å². The molecule has 0 aliphatic carbocycles. The summed E-state index contributed by atoms with van der Waals surface area (Å²) in [7, 11) is 0. The van der Waals surface area contributed by atoms with E-state index in [9.17, 15) is 10.1 Å². The van der Waals surface area contributed by atoms with Crippen LogP contribution >= 0.6 is 0 Å². The number of hydrogen-bond donors (Lipinski definition) is 1. The molecule has 242 valence electrons. The topological polar surface area (TPSA) is 123 Å². The second-order valence-electron chi connectivity index (χ2n) is 13.0. The first kappa shape index (κ1) is 30.8. The van der Waals surface area contributed by atoms with Gasteiger partial charge in [0.25, 0.3) is 5.91 Å². The monoisotopic (exact) mass is 635 g/mol. The van der Waals surface area contributed by atoms with Gasteiger partial charge in [-0.25, -0.2) is 9.37 Å². The molecule has 0 saturated carbocycles. The van der Waals surface area contributed by atoms with Gasteiger partial charge in [-0.3, -0.25) is 14.4 Å². The summed E-state index contributed by atoms with van der Waals surface area (Å²) < 4.78 is 28.7. The van der Waals surface area contributed by atoms with E-state index in [0.717, 1.165) is 52.0 Å². The second-order valence-corrected chi connectivity index (χ2v) is 13.0. The van der Waals surface area contributed by atoms with Crippen molar-refractivity contribution in [1.82, 2.24) is 24.6 Å². The van der Waals surface area contributed by atoms with E-state index >= 15 is 4.39 Å². The molecule has 3 fully saturated rings. The third kappa shape index (κ3) is 6.19. The molecular formula is C36H38FN7O3. The van der Waals surface area contributed by atoms with Crippen molar-refractivity contribution < 1.29 is 18.7 Å². The Morgan fingerprint density at radius 2 is 1.89 bits per heavy atom. The summed E-state index contributed by atoms with van der Waals surface area (Å²) >= 11 is 0. The fourth-order valence-electron chi connectivity index (χ4n) is 6.93. The molecular weight excluding hydrogens is 597 g/mol. The van der Waals surface area contributed by atoms with Gasteiger partial charge in [0.05, 0.1) is 36.2 Å². The minimum atomic E-state index is -0.502. The molecule has 2 aromatic heterocycles. The number of hydrogen-bond acceptors (Lipinski definition) is 8. The van der Waals surface area contributed by atoms with Gasteiger partial charge in [0.15, 0.2) is 0 Å². The Bertz CT molecular complexity index is 1860. The van der Waals surface area contributed by atoms with Crippen LogP contribution < -0.4 is 10.5 Å². The maximum absolute atomic E-state index is 15.7. The second kappa shape index (κ2) is 12.8. The molecule has 2 aromatic carbocycles. The zero-order valence-electron chi connectivity index (χ0n) is 26.4.